The van der Waals surface area contributed by atoms with Gasteiger partial charge in [0.15, 0.2) is 0 Å². The fourth-order valence-electron chi connectivity index (χ4n) is 1.97. The summed E-state index contributed by atoms with van der Waals surface area (Å²) in [6.45, 7) is 3.34. The van der Waals surface area contributed by atoms with E-state index in [4.69, 9.17) is 4.74 Å². The molecule has 3 nitrogen and oxygen atoms in total. The Morgan fingerprint density at radius 3 is 2.75 bits per heavy atom. The third-order valence-corrected chi connectivity index (χ3v) is 3.31. The van der Waals surface area contributed by atoms with E-state index in [1.54, 1.807) is 7.11 Å². The van der Waals surface area contributed by atoms with E-state index in [9.17, 15) is 0 Å². The summed E-state index contributed by atoms with van der Waals surface area (Å²) in [4.78, 5) is 2.42. The van der Waals surface area contributed by atoms with Crippen molar-refractivity contribution in [1.29, 1.82) is 0 Å². The lowest BCUT2D eigenvalue weighted by atomic mass is 10.1. The van der Waals surface area contributed by atoms with Crippen LogP contribution >= 0.6 is 0 Å². The molecule has 0 unspecified atom stereocenters. The lowest BCUT2D eigenvalue weighted by Crippen LogP contribution is -2.56. The van der Waals surface area contributed by atoms with Crippen LogP contribution in [-0.4, -0.2) is 44.7 Å². The van der Waals surface area contributed by atoms with Crippen molar-refractivity contribution in [2.45, 2.75) is 12.5 Å². The molecule has 1 aliphatic rings. The molecule has 16 heavy (non-hydrogen) atoms. The van der Waals surface area contributed by atoms with Crippen molar-refractivity contribution in [2.75, 3.05) is 33.8 Å². The van der Waals surface area contributed by atoms with Gasteiger partial charge in [0.25, 0.3) is 0 Å². The molecule has 1 aliphatic heterocycles. The summed E-state index contributed by atoms with van der Waals surface area (Å²) in [7, 11) is 3.93. The second-order valence-corrected chi connectivity index (χ2v) is 4.35. The Kier molecular flexibility index (Phi) is 3.80. The number of rotatable bonds is 5. The van der Waals surface area contributed by atoms with E-state index < -0.39 is 0 Å². The van der Waals surface area contributed by atoms with Crippen LogP contribution in [0.5, 0.6) is 5.75 Å². The van der Waals surface area contributed by atoms with Crippen molar-refractivity contribution in [3.63, 3.8) is 0 Å². The molecule has 3 heteroatoms. The number of nitrogens with one attached hydrogen (secondary N) is 1. The number of nitrogens with zero attached hydrogens (tertiary/aromatic N) is 1. The largest absolute Gasteiger partial charge is 0.496 e. The molecule has 0 bridgehead atoms. The van der Waals surface area contributed by atoms with Crippen LogP contribution in [0.3, 0.4) is 0 Å². The van der Waals surface area contributed by atoms with Crippen LogP contribution in [0.2, 0.25) is 0 Å². The first kappa shape index (κ1) is 11.4. The number of hydrogen-bond donors (Lipinski definition) is 1. The van der Waals surface area contributed by atoms with Gasteiger partial charge in [-0.3, -0.25) is 0 Å². The average Bonchev–Trinajstić information content (AvgIpc) is 2.24. The van der Waals surface area contributed by atoms with Crippen LogP contribution in [-0.2, 0) is 6.42 Å². The van der Waals surface area contributed by atoms with Crippen LogP contribution in [0.1, 0.15) is 5.56 Å². The van der Waals surface area contributed by atoms with Crippen LogP contribution < -0.4 is 10.1 Å². The van der Waals surface area contributed by atoms with E-state index in [0.29, 0.717) is 0 Å². The number of ether oxygens (including phenoxy) is 1. The van der Waals surface area contributed by atoms with Gasteiger partial charge in [-0.1, -0.05) is 18.2 Å². The predicted molar refractivity (Wildman–Crippen MR) is 66.0 cm³/mol. The van der Waals surface area contributed by atoms with Gasteiger partial charge in [-0.05, 0) is 25.1 Å². The standard InChI is InChI=1S/C13H20N2O/c1-15(12-9-14-10-12)8-7-11-5-3-4-6-13(11)16-2/h3-6,12,14H,7-10H2,1-2H3. The van der Waals surface area contributed by atoms with Crippen LogP contribution in [0, 0.1) is 0 Å². The minimum absolute atomic E-state index is 0.717. The minimum atomic E-state index is 0.717. The predicted octanol–water partition coefficient (Wildman–Crippen LogP) is 1.14. The van der Waals surface area contributed by atoms with Gasteiger partial charge in [-0.25, -0.2) is 0 Å². The Hall–Kier alpha value is -1.06. The number of methoxy groups -OCH3 is 1. The zero-order valence-corrected chi connectivity index (χ0v) is 10.1. The van der Waals surface area contributed by atoms with E-state index in [1.165, 1.54) is 5.56 Å². The molecule has 1 aromatic rings. The SMILES string of the molecule is COc1ccccc1CCN(C)C1CNC1. The molecule has 1 heterocycles. The van der Waals surface area contributed by atoms with Crippen molar-refractivity contribution in [2.24, 2.45) is 0 Å². The maximum atomic E-state index is 5.35. The summed E-state index contributed by atoms with van der Waals surface area (Å²) < 4.78 is 5.35. The van der Waals surface area contributed by atoms with E-state index in [0.717, 1.165) is 37.8 Å². The van der Waals surface area contributed by atoms with E-state index in [1.807, 2.05) is 12.1 Å². The van der Waals surface area contributed by atoms with Crippen molar-refractivity contribution in [3.05, 3.63) is 29.8 Å². The smallest absolute Gasteiger partial charge is 0.122 e. The first-order valence-electron chi connectivity index (χ1n) is 5.84. The molecular formula is C13H20N2O. The molecule has 0 aliphatic carbocycles. The Morgan fingerprint density at radius 1 is 1.38 bits per heavy atom. The van der Waals surface area contributed by atoms with Gasteiger partial charge >= 0.3 is 0 Å². The second kappa shape index (κ2) is 5.32. The fourth-order valence-corrected chi connectivity index (χ4v) is 1.97. The Labute approximate surface area is 97.4 Å². The molecule has 0 spiro atoms. The van der Waals surface area contributed by atoms with E-state index in [-0.39, 0.29) is 0 Å². The normalized spacial score (nSPS) is 16.2. The third kappa shape index (κ3) is 2.54. The highest BCUT2D eigenvalue weighted by molar-refractivity contribution is 5.33. The lowest BCUT2D eigenvalue weighted by molar-refractivity contribution is 0.182. The molecule has 1 aromatic carbocycles. The Balaban J connectivity index is 1.88. The van der Waals surface area contributed by atoms with Crippen LogP contribution in [0.15, 0.2) is 24.3 Å². The summed E-state index contributed by atoms with van der Waals surface area (Å²) in [5.74, 6) is 1.00. The molecule has 1 fully saturated rings. The Bertz CT molecular complexity index is 336. The Morgan fingerprint density at radius 2 is 2.12 bits per heavy atom. The van der Waals surface area contributed by atoms with Crippen molar-refractivity contribution >= 4 is 0 Å². The van der Waals surface area contributed by atoms with Gasteiger partial charge in [0.2, 0.25) is 0 Å². The first-order chi connectivity index (χ1) is 7.81. The van der Waals surface area contributed by atoms with Crippen LogP contribution in [0.4, 0.5) is 0 Å². The number of para-hydroxylation sites is 1. The summed E-state index contributed by atoms with van der Waals surface area (Å²) >= 11 is 0. The zero-order valence-electron chi connectivity index (χ0n) is 10.1. The van der Waals surface area contributed by atoms with Gasteiger partial charge in [-0.2, -0.15) is 0 Å². The summed E-state index contributed by atoms with van der Waals surface area (Å²) in [5, 5.41) is 3.30. The molecule has 0 aromatic heterocycles. The van der Waals surface area contributed by atoms with Crippen molar-refractivity contribution < 1.29 is 4.74 Å². The van der Waals surface area contributed by atoms with Gasteiger partial charge < -0.3 is 15.0 Å². The maximum absolute atomic E-state index is 5.35. The molecule has 2 rings (SSSR count). The topological polar surface area (TPSA) is 24.5 Å². The highest BCUT2D eigenvalue weighted by atomic mass is 16.5. The fraction of sp³-hybridized carbons (Fsp3) is 0.538. The molecule has 1 N–H and O–H groups in total. The molecule has 1 saturated heterocycles. The third-order valence-electron chi connectivity index (χ3n) is 3.31. The van der Waals surface area contributed by atoms with Gasteiger partial charge in [-0.15, -0.1) is 0 Å². The molecule has 0 atom stereocenters. The molecule has 88 valence electrons. The molecular weight excluding hydrogens is 200 g/mol. The summed E-state index contributed by atoms with van der Waals surface area (Å²) in [5.41, 5.74) is 1.30. The number of hydrogen-bond acceptors (Lipinski definition) is 3. The maximum Gasteiger partial charge on any atom is 0.122 e. The zero-order chi connectivity index (χ0) is 11.4. The van der Waals surface area contributed by atoms with Gasteiger partial charge in [0.1, 0.15) is 5.75 Å². The van der Waals surface area contributed by atoms with Crippen LogP contribution in [0.25, 0.3) is 0 Å². The number of benzene rings is 1. The second-order valence-electron chi connectivity index (χ2n) is 4.35. The highest BCUT2D eigenvalue weighted by Gasteiger charge is 2.20. The number of likely N-dealkylation sites (N-methyl/N-ethyl adjacent to an activating group) is 1. The molecule has 0 saturated carbocycles. The highest BCUT2D eigenvalue weighted by Crippen LogP contribution is 2.18. The average molecular weight is 220 g/mol. The molecule has 0 amide bonds. The summed E-state index contributed by atoms with van der Waals surface area (Å²) in [6, 6.07) is 8.98. The van der Waals surface area contributed by atoms with Crippen molar-refractivity contribution in [3.8, 4) is 5.75 Å². The molecule has 0 radical (unpaired) electrons. The minimum Gasteiger partial charge on any atom is -0.496 e. The summed E-state index contributed by atoms with van der Waals surface area (Å²) in [6.07, 6.45) is 1.05. The van der Waals surface area contributed by atoms with Gasteiger partial charge in [0, 0.05) is 25.7 Å². The lowest BCUT2D eigenvalue weighted by Gasteiger charge is -2.35. The van der Waals surface area contributed by atoms with E-state index >= 15 is 0 Å². The first-order valence-corrected chi connectivity index (χ1v) is 5.84. The van der Waals surface area contributed by atoms with Gasteiger partial charge in [0.05, 0.1) is 7.11 Å². The van der Waals surface area contributed by atoms with E-state index in [2.05, 4.69) is 29.4 Å². The quantitative estimate of drug-likeness (QED) is 0.805. The van der Waals surface area contributed by atoms with Crippen molar-refractivity contribution in [1.82, 2.24) is 10.2 Å². The monoisotopic (exact) mass is 220 g/mol.